The molecule has 0 amide bonds. The standard InChI is InChI=1S/C12H25NOS/c1-11(2)9-10(12(3,4)14-11)13-7-6-8-15-5/h10,13H,6-9H2,1-5H3. The van der Waals surface area contributed by atoms with Crippen molar-refractivity contribution in [2.75, 3.05) is 18.6 Å². The predicted molar refractivity (Wildman–Crippen MR) is 68.6 cm³/mol. The minimum Gasteiger partial charge on any atom is -0.368 e. The quantitative estimate of drug-likeness (QED) is 0.735. The van der Waals surface area contributed by atoms with Crippen LogP contribution < -0.4 is 5.32 Å². The van der Waals surface area contributed by atoms with Crippen LogP contribution in [0.25, 0.3) is 0 Å². The van der Waals surface area contributed by atoms with E-state index in [0.717, 1.165) is 13.0 Å². The lowest BCUT2D eigenvalue weighted by Crippen LogP contribution is -2.43. The van der Waals surface area contributed by atoms with Crippen molar-refractivity contribution in [1.29, 1.82) is 0 Å². The summed E-state index contributed by atoms with van der Waals surface area (Å²) in [7, 11) is 0. The molecule has 0 aromatic rings. The van der Waals surface area contributed by atoms with Gasteiger partial charge in [0.2, 0.25) is 0 Å². The maximum atomic E-state index is 6.04. The lowest BCUT2D eigenvalue weighted by Gasteiger charge is -2.27. The van der Waals surface area contributed by atoms with Gasteiger partial charge in [0.15, 0.2) is 0 Å². The highest BCUT2D eigenvalue weighted by Crippen LogP contribution is 2.37. The lowest BCUT2D eigenvalue weighted by molar-refractivity contribution is -0.0697. The summed E-state index contributed by atoms with van der Waals surface area (Å²) < 4.78 is 6.04. The smallest absolute Gasteiger partial charge is 0.0787 e. The van der Waals surface area contributed by atoms with E-state index in [1.54, 1.807) is 0 Å². The molecule has 0 aromatic heterocycles. The minimum absolute atomic E-state index is 0.0249. The largest absolute Gasteiger partial charge is 0.368 e. The SMILES string of the molecule is CSCCCNC1CC(C)(C)OC1(C)C. The van der Waals surface area contributed by atoms with E-state index < -0.39 is 0 Å². The summed E-state index contributed by atoms with van der Waals surface area (Å²) in [5.74, 6) is 1.24. The zero-order valence-corrected chi connectivity index (χ0v) is 11.5. The molecular formula is C12H25NOS. The molecule has 1 aliphatic heterocycles. The summed E-state index contributed by atoms with van der Waals surface area (Å²) in [5, 5.41) is 3.62. The summed E-state index contributed by atoms with van der Waals surface area (Å²) in [6.45, 7) is 9.84. The molecule has 0 aliphatic carbocycles. The third-order valence-corrected chi connectivity index (χ3v) is 3.69. The van der Waals surface area contributed by atoms with Gasteiger partial charge in [0, 0.05) is 6.04 Å². The van der Waals surface area contributed by atoms with E-state index in [1.807, 2.05) is 11.8 Å². The molecule has 1 aliphatic rings. The highest BCUT2D eigenvalue weighted by Gasteiger charge is 2.45. The fourth-order valence-electron chi connectivity index (χ4n) is 2.37. The number of nitrogens with one attached hydrogen (secondary N) is 1. The van der Waals surface area contributed by atoms with Crippen LogP contribution >= 0.6 is 11.8 Å². The van der Waals surface area contributed by atoms with Crippen LogP contribution in [0.5, 0.6) is 0 Å². The van der Waals surface area contributed by atoms with Crippen LogP contribution in [0, 0.1) is 0 Å². The van der Waals surface area contributed by atoms with Crippen molar-refractivity contribution in [3.63, 3.8) is 0 Å². The Hall–Kier alpha value is 0.270. The van der Waals surface area contributed by atoms with E-state index in [2.05, 4.69) is 39.3 Å². The van der Waals surface area contributed by atoms with Gasteiger partial charge in [-0.2, -0.15) is 11.8 Å². The predicted octanol–water partition coefficient (Wildman–Crippen LogP) is 2.68. The Labute approximate surface area is 98.5 Å². The van der Waals surface area contributed by atoms with E-state index in [0.29, 0.717) is 6.04 Å². The maximum absolute atomic E-state index is 6.04. The number of hydrogen-bond donors (Lipinski definition) is 1. The molecule has 1 heterocycles. The molecule has 0 radical (unpaired) electrons. The monoisotopic (exact) mass is 231 g/mol. The molecule has 1 saturated heterocycles. The van der Waals surface area contributed by atoms with E-state index in [9.17, 15) is 0 Å². The average Bonchev–Trinajstić information content (AvgIpc) is 2.28. The Balaban J connectivity index is 2.35. The van der Waals surface area contributed by atoms with Crippen molar-refractivity contribution < 1.29 is 4.74 Å². The zero-order chi connectivity index (χ0) is 11.5. The second kappa shape index (κ2) is 5.07. The van der Waals surface area contributed by atoms with Crippen LogP contribution in [0.15, 0.2) is 0 Å². The Kier molecular flexibility index (Phi) is 4.50. The first kappa shape index (κ1) is 13.3. The van der Waals surface area contributed by atoms with Gasteiger partial charge in [0.25, 0.3) is 0 Å². The van der Waals surface area contributed by atoms with E-state index in [1.165, 1.54) is 12.2 Å². The highest BCUT2D eigenvalue weighted by molar-refractivity contribution is 7.98. The molecule has 0 spiro atoms. The normalized spacial score (nSPS) is 28.2. The molecule has 1 unspecified atom stereocenters. The molecular weight excluding hydrogens is 206 g/mol. The molecule has 1 atom stereocenters. The van der Waals surface area contributed by atoms with Crippen molar-refractivity contribution in [3.05, 3.63) is 0 Å². The van der Waals surface area contributed by atoms with Crippen LogP contribution in [-0.2, 0) is 4.74 Å². The molecule has 1 N–H and O–H groups in total. The van der Waals surface area contributed by atoms with Gasteiger partial charge in [-0.3, -0.25) is 0 Å². The molecule has 1 fully saturated rings. The van der Waals surface area contributed by atoms with Crippen molar-refractivity contribution in [3.8, 4) is 0 Å². The van der Waals surface area contributed by atoms with Gasteiger partial charge < -0.3 is 10.1 Å². The number of ether oxygens (including phenoxy) is 1. The van der Waals surface area contributed by atoms with Gasteiger partial charge >= 0.3 is 0 Å². The summed E-state index contributed by atoms with van der Waals surface area (Å²) in [6.07, 6.45) is 4.51. The van der Waals surface area contributed by atoms with E-state index >= 15 is 0 Å². The molecule has 0 bridgehead atoms. The second-order valence-corrected chi connectivity index (χ2v) is 6.51. The highest BCUT2D eigenvalue weighted by atomic mass is 32.2. The fourth-order valence-corrected chi connectivity index (χ4v) is 2.81. The van der Waals surface area contributed by atoms with Crippen LogP contribution in [0.3, 0.4) is 0 Å². The Morgan fingerprint density at radius 2 is 2.00 bits per heavy atom. The Morgan fingerprint density at radius 3 is 2.47 bits per heavy atom. The molecule has 0 saturated carbocycles. The average molecular weight is 231 g/mol. The van der Waals surface area contributed by atoms with Crippen LogP contribution in [0.2, 0.25) is 0 Å². The topological polar surface area (TPSA) is 21.3 Å². The van der Waals surface area contributed by atoms with Gasteiger partial charge in [0.1, 0.15) is 0 Å². The van der Waals surface area contributed by atoms with Gasteiger partial charge in [-0.15, -0.1) is 0 Å². The second-order valence-electron chi connectivity index (χ2n) is 5.52. The van der Waals surface area contributed by atoms with Crippen LogP contribution in [0.1, 0.15) is 40.5 Å². The third-order valence-electron chi connectivity index (χ3n) is 2.99. The van der Waals surface area contributed by atoms with E-state index in [-0.39, 0.29) is 11.2 Å². The number of rotatable bonds is 5. The third kappa shape index (κ3) is 3.97. The lowest BCUT2D eigenvalue weighted by atomic mass is 9.94. The Bertz CT molecular complexity index is 204. The summed E-state index contributed by atoms with van der Waals surface area (Å²) in [4.78, 5) is 0. The van der Waals surface area contributed by atoms with Crippen LogP contribution in [-0.4, -0.2) is 35.8 Å². The maximum Gasteiger partial charge on any atom is 0.0787 e. The minimum atomic E-state index is -0.0249. The molecule has 90 valence electrons. The van der Waals surface area contributed by atoms with Gasteiger partial charge in [-0.05, 0) is 59.1 Å². The summed E-state index contributed by atoms with van der Waals surface area (Å²) in [5.41, 5.74) is 0.00350. The van der Waals surface area contributed by atoms with Crippen LogP contribution in [0.4, 0.5) is 0 Å². The van der Waals surface area contributed by atoms with Gasteiger partial charge in [-0.25, -0.2) is 0 Å². The Morgan fingerprint density at radius 1 is 1.33 bits per heavy atom. The first-order chi connectivity index (χ1) is 6.87. The first-order valence-corrected chi connectivity index (χ1v) is 7.19. The van der Waals surface area contributed by atoms with E-state index in [4.69, 9.17) is 4.74 Å². The van der Waals surface area contributed by atoms with Crippen molar-refractivity contribution in [1.82, 2.24) is 5.32 Å². The molecule has 2 nitrogen and oxygen atoms in total. The summed E-state index contributed by atoms with van der Waals surface area (Å²) >= 11 is 1.91. The number of thioether (sulfide) groups is 1. The summed E-state index contributed by atoms with van der Waals surface area (Å²) in [6, 6.07) is 0.495. The van der Waals surface area contributed by atoms with Crippen molar-refractivity contribution >= 4 is 11.8 Å². The van der Waals surface area contributed by atoms with Crippen molar-refractivity contribution in [2.24, 2.45) is 0 Å². The van der Waals surface area contributed by atoms with Gasteiger partial charge in [-0.1, -0.05) is 0 Å². The zero-order valence-electron chi connectivity index (χ0n) is 10.7. The molecule has 15 heavy (non-hydrogen) atoms. The molecule has 1 rings (SSSR count). The fraction of sp³-hybridized carbons (Fsp3) is 1.00. The first-order valence-electron chi connectivity index (χ1n) is 5.80. The molecule has 0 aromatic carbocycles. The van der Waals surface area contributed by atoms with Crippen molar-refractivity contribution in [2.45, 2.75) is 57.8 Å². The van der Waals surface area contributed by atoms with Gasteiger partial charge in [0.05, 0.1) is 11.2 Å². The molecule has 3 heteroatoms. The number of hydrogen-bond acceptors (Lipinski definition) is 3.